The molecule has 0 fully saturated rings. The van der Waals surface area contributed by atoms with Crippen molar-refractivity contribution >= 4 is 16.6 Å². The summed E-state index contributed by atoms with van der Waals surface area (Å²) in [5.74, 6) is 0.509. The first kappa shape index (κ1) is 22.3. The second-order valence-electron chi connectivity index (χ2n) is 6.19. The summed E-state index contributed by atoms with van der Waals surface area (Å²) in [5.41, 5.74) is 2.58. The van der Waals surface area contributed by atoms with E-state index in [1.165, 1.54) is 12.1 Å². The quantitative estimate of drug-likeness (QED) is 0.369. The van der Waals surface area contributed by atoms with E-state index in [-0.39, 0.29) is 5.69 Å². The van der Waals surface area contributed by atoms with E-state index in [0.717, 1.165) is 41.7 Å². The highest BCUT2D eigenvalue weighted by molar-refractivity contribution is 5.95. The number of aromatic nitrogens is 1. The fourth-order valence-corrected chi connectivity index (χ4v) is 3.11. The largest absolute Gasteiger partial charge is 0.491 e. The Morgan fingerprint density at radius 3 is 2.45 bits per heavy atom. The van der Waals surface area contributed by atoms with Gasteiger partial charge in [0.05, 0.1) is 16.5 Å². The topological polar surface area (TPSA) is 68.5 Å². The molecule has 0 aliphatic rings. The maximum atomic E-state index is 11.2. The van der Waals surface area contributed by atoms with Gasteiger partial charge in [-0.25, -0.2) is 0 Å². The fraction of sp³-hybridized carbons (Fsp3) is 0.348. The molecular formula is C23H29N3O3. The van der Waals surface area contributed by atoms with E-state index in [0.29, 0.717) is 12.4 Å². The summed E-state index contributed by atoms with van der Waals surface area (Å²) >= 11 is 0. The molecule has 6 heteroatoms. The van der Waals surface area contributed by atoms with Crippen LogP contribution >= 0.6 is 0 Å². The van der Waals surface area contributed by atoms with Crippen LogP contribution in [0.5, 0.6) is 5.75 Å². The number of hydrogen-bond acceptors (Lipinski definition) is 5. The molecule has 0 atom stereocenters. The van der Waals surface area contributed by atoms with Crippen molar-refractivity contribution in [1.29, 1.82) is 0 Å². The van der Waals surface area contributed by atoms with E-state index in [2.05, 4.69) is 23.7 Å². The number of nitrogens with zero attached hydrogens (tertiary/aromatic N) is 3. The van der Waals surface area contributed by atoms with Crippen LogP contribution in [0.1, 0.15) is 27.7 Å². The highest BCUT2D eigenvalue weighted by Gasteiger charge is 2.16. The third-order valence-corrected chi connectivity index (χ3v) is 4.66. The molecule has 29 heavy (non-hydrogen) atoms. The van der Waals surface area contributed by atoms with Gasteiger partial charge in [-0.05, 0) is 25.2 Å². The number of benzene rings is 2. The molecule has 0 radical (unpaired) electrons. The minimum absolute atomic E-state index is 0.0183. The van der Waals surface area contributed by atoms with Gasteiger partial charge in [0.15, 0.2) is 0 Å². The summed E-state index contributed by atoms with van der Waals surface area (Å²) in [6, 6.07) is 14.6. The zero-order valence-electron chi connectivity index (χ0n) is 17.6. The van der Waals surface area contributed by atoms with Crippen molar-refractivity contribution in [2.24, 2.45) is 0 Å². The molecule has 0 bridgehead atoms. The van der Waals surface area contributed by atoms with E-state index < -0.39 is 4.92 Å². The highest BCUT2D eigenvalue weighted by atomic mass is 16.6. The molecule has 0 saturated heterocycles. The predicted molar refractivity (Wildman–Crippen MR) is 118 cm³/mol. The monoisotopic (exact) mass is 395 g/mol. The lowest BCUT2D eigenvalue weighted by Crippen LogP contribution is -2.28. The molecular weight excluding hydrogens is 366 g/mol. The van der Waals surface area contributed by atoms with Crippen molar-refractivity contribution in [3.05, 3.63) is 64.8 Å². The predicted octanol–water partition coefficient (Wildman–Crippen LogP) is 5.56. The normalized spacial score (nSPS) is 10.5. The van der Waals surface area contributed by atoms with Gasteiger partial charge < -0.3 is 9.64 Å². The summed E-state index contributed by atoms with van der Waals surface area (Å²) < 4.78 is 5.99. The van der Waals surface area contributed by atoms with E-state index in [1.54, 1.807) is 12.3 Å². The minimum atomic E-state index is -0.400. The molecule has 0 aliphatic heterocycles. The number of pyridine rings is 1. The third-order valence-electron chi connectivity index (χ3n) is 4.66. The summed E-state index contributed by atoms with van der Waals surface area (Å²) in [5, 5.41) is 12.2. The molecule has 3 rings (SSSR count). The Balaban J connectivity index is 0.00000145. The Hall–Kier alpha value is -2.99. The molecule has 0 saturated carbocycles. The summed E-state index contributed by atoms with van der Waals surface area (Å²) in [4.78, 5) is 17.6. The average molecular weight is 396 g/mol. The number of non-ortho nitro benzene ring substituents is 1. The average Bonchev–Trinajstić information content (AvgIpc) is 2.77. The van der Waals surface area contributed by atoms with E-state index in [9.17, 15) is 10.1 Å². The first-order valence-corrected chi connectivity index (χ1v) is 10.1. The third kappa shape index (κ3) is 5.51. The van der Waals surface area contributed by atoms with Gasteiger partial charge in [-0.15, -0.1) is 0 Å². The molecule has 0 N–H and O–H groups in total. The molecule has 0 aliphatic carbocycles. The van der Waals surface area contributed by atoms with Gasteiger partial charge in [0.1, 0.15) is 12.4 Å². The van der Waals surface area contributed by atoms with Crippen molar-refractivity contribution < 1.29 is 9.66 Å². The summed E-state index contributed by atoms with van der Waals surface area (Å²) in [7, 11) is 0. The van der Waals surface area contributed by atoms with Crippen molar-refractivity contribution in [1.82, 2.24) is 9.88 Å². The van der Waals surface area contributed by atoms with Crippen LogP contribution in [-0.2, 0) is 0 Å². The van der Waals surface area contributed by atoms with E-state index >= 15 is 0 Å². The van der Waals surface area contributed by atoms with E-state index in [4.69, 9.17) is 4.74 Å². The SMILES string of the molecule is CC.CCN(CC)CCOc1cc([N+](=O)[O-])ccc1-c1cccc2cccnc12. The molecule has 1 heterocycles. The molecule has 0 amide bonds. The molecule has 154 valence electrons. The number of nitro benzene ring substituents is 1. The maximum Gasteiger partial charge on any atom is 0.273 e. The Kier molecular flexibility index (Phi) is 8.55. The standard InChI is InChI=1S/C21H23N3O3.C2H6/c1-3-23(4-2)13-14-27-20-15-17(24(25)26)10-11-18(20)19-9-5-7-16-8-6-12-22-21(16)19;1-2/h5-12,15H,3-4,13-14H2,1-2H3;1-2H3. The number of nitro groups is 1. The van der Waals surface area contributed by atoms with Crippen LogP contribution in [0.25, 0.3) is 22.0 Å². The second kappa shape index (κ2) is 11.1. The minimum Gasteiger partial charge on any atom is -0.491 e. The highest BCUT2D eigenvalue weighted by Crippen LogP contribution is 2.36. The van der Waals surface area contributed by atoms with Crippen LogP contribution < -0.4 is 4.74 Å². The maximum absolute atomic E-state index is 11.2. The molecule has 0 spiro atoms. The van der Waals surface area contributed by atoms with E-state index in [1.807, 2.05) is 44.2 Å². The van der Waals surface area contributed by atoms with Gasteiger partial charge in [0.2, 0.25) is 0 Å². The zero-order chi connectivity index (χ0) is 21.2. The number of hydrogen-bond donors (Lipinski definition) is 0. The lowest BCUT2D eigenvalue weighted by molar-refractivity contribution is -0.384. The molecule has 6 nitrogen and oxygen atoms in total. The summed E-state index contributed by atoms with van der Waals surface area (Å²) in [6.45, 7) is 11.3. The number of fused-ring (bicyclic) bond motifs is 1. The van der Waals surface area contributed by atoms with Gasteiger partial charge in [-0.2, -0.15) is 0 Å². The van der Waals surface area contributed by atoms with Crippen molar-refractivity contribution in [3.8, 4) is 16.9 Å². The number of ether oxygens (including phenoxy) is 1. The lowest BCUT2D eigenvalue weighted by Gasteiger charge is -2.19. The second-order valence-corrected chi connectivity index (χ2v) is 6.19. The van der Waals surface area contributed by atoms with Crippen LogP contribution in [-0.4, -0.2) is 41.0 Å². The number of rotatable bonds is 8. The molecule has 1 aromatic heterocycles. The van der Waals surface area contributed by atoms with Gasteiger partial charge in [-0.1, -0.05) is 52.0 Å². The Morgan fingerprint density at radius 1 is 1.03 bits per heavy atom. The van der Waals surface area contributed by atoms with Gasteiger partial charge in [0, 0.05) is 35.3 Å². The first-order chi connectivity index (χ1) is 14.1. The van der Waals surface area contributed by atoms with Crippen LogP contribution in [0.2, 0.25) is 0 Å². The number of likely N-dealkylation sites (N-methyl/N-ethyl adjacent to an activating group) is 1. The van der Waals surface area contributed by atoms with Crippen LogP contribution in [0, 0.1) is 10.1 Å². The van der Waals surface area contributed by atoms with Crippen molar-refractivity contribution in [3.63, 3.8) is 0 Å². The zero-order valence-corrected chi connectivity index (χ0v) is 17.6. The Morgan fingerprint density at radius 2 is 1.76 bits per heavy atom. The smallest absolute Gasteiger partial charge is 0.273 e. The lowest BCUT2D eigenvalue weighted by atomic mass is 10.0. The van der Waals surface area contributed by atoms with Gasteiger partial charge in [-0.3, -0.25) is 15.1 Å². The Labute approximate surface area is 172 Å². The summed E-state index contributed by atoms with van der Waals surface area (Å²) in [6.07, 6.45) is 1.75. The molecule has 2 aromatic carbocycles. The fourth-order valence-electron chi connectivity index (χ4n) is 3.11. The Bertz CT molecular complexity index is 934. The molecule has 0 unspecified atom stereocenters. The van der Waals surface area contributed by atoms with Crippen LogP contribution in [0.3, 0.4) is 0 Å². The van der Waals surface area contributed by atoms with Crippen LogP contribution in [0.4, 0.5) is 5.69 Å². The van der Waals surface area contributed by atoms with Crippen LogP contribution in [0.15, 0.2) is 54.7 Å². The van der Waals surface area contributed by atoms with Gasteiger partial charge in [0.25, 0.3) is 5.69 Å². The number of para-hydroxylation sites is 1. The van der Waals surface area contributed by atoms with Crippen molar-refractivity contribution in [2.45, 2.75) is 27.7 Å². The molecule has 3 aromatic rings. The first-order valence-electron chi connectivity index (χ1n) is 10.1. The van der Waals surface area contributed by atoms with Gasteiger partial charge >= 0.3 is 0 Å². The van der Waals surface area contributed by atoms with Crippen molar-refractivity contribution in [2.75, 3.05) is 26.2 Å².